The third-order valence-electron chi connectivity index (χ3n) is 5.40. The molecular formula is C22H14ClFN2O. The van der Waals surface area contributed by atoms with Crippen LogP contribution < -0.4 is 5.56 Å². The first-order valence-electron chi connectivity index (χ1n) is 8.59. The molecule has 1 aromatic heterocycles. The maximum atomic E-state index is 14.4. The molecule has 1 aliphatic heterocycles. The highest BCUT2D eigenvalue weighted by Gasteiger charge is 2.43. The number of halogens is 2. The van der Waals surface area contributed by atoms with E-state index in [1.165, 1.54) is 10.6 Å². The molecule has 0 saturated carbocycles. The summed E-state index contributed by atoms with van der Waals surface area (Å²) in [5.41, 5.74) is 1.96. The van der Waals surface area contributed by atoms with Gasteiger partial charge in [-0.1, -0.05) is 48.0 Å². The van der Waals surface area contributed by atoms with Crippen molar-refractivity contribution in [1.82, 2.24) is 9.55 Å². The van der Waals surface area contributed by atoms with Crippen molar-refractivity contribution in [3.8, 4) is 5.69 Å². The van der Waals surface area contributed by atoms with Crippen LogP contribution in [0.2, 0.25) is 5.02 Å². The molecule has 0 bridgehead atoms. The zero-order valence-electron chi connectivity index (χ0n) is 14.4. The van der Waals surface area contributed by atoms with E-state index in [0.29, 0.717) is 16.4 Å². The summed E-state index contributed by atoms with van der Waals surface area (Å²) in [6, 6.07) is 19.7. The molecule has 2 heterocycles. The van der Waals surface area contributed by atoms with Gasteiger partial charge in [0.15, 0.2) is 0 Å². The van der Waals surface area contributed by atoms with E-state index in [2.05, 4.69) is 0 Å². The van der Waals surface area contributed by atoms with E-state index in [1.54, 1.807) is 12.1 Å². The lowest BCUT2D eigenvalue weighted by Gasteiger charge is -2.26. The van der Waals surface area contributed by atoms with Gasteiger partial charge in [-0.3, -0.25) is 9.36 Å². The average molecular weight is 377 g/mol. The number of para-hydroxylation sites is 1. The first-order valence-corrected chi connectivity index (χ1v) is 8.97. The van der Waals surface area contributed by atoms with Crippen molar-refractivity contribution in [2.75, 3.05) is 0 Å². The molecule has 1 unspecified atom stereocenters. The molecule has 5 rings (SSSR count). The van der Waals surface area contributed by atoms with Gasteiger partial charge >= 0.3 is 0 Å². The van der Waals surface area contributed by atoms with E-state index < -0.39 is 16.8 Å². The van der Waals surface area contributed by atoms with Gasteiger partial charge in [0.2, 0.25) is 0 Å². The van der Waals surface area contributed by atoms with E-state index in [1.807, 2.05) is 55.5 Å². The molecule has 0 radical (unpaired) electrons. The average Bonchev–Trinajstić information content (AvgIpc) is 2.93. The highest BCUT2D eigenvalue weighted by molar-refractivity contribution is 6.30. The van der Waals surface area contributed by atoms with Crippen LogP contribution in [-0.2, 0) is 5.41 Å². The van der Waals surface area contributed by atoms with Gasteiger partial charge in [-0.25, -0.2) is 9.37 Å². The third kappa shape index (κ3) is 2.07. The maximum absolute atomic E-state index is 14.4. The molecule has 1 atom stereocenters. The molecule has 1 aliphatic rings. The monoisotopic (exact) mass is 376 g/mol. The predicted molar refractivity (Wildman–Crippen MR) is 104 cm³/mol. The smallest absolute Gasteiger partial charge is 0.268 e. The largest absolute Gasteiger partial charge is 0.269 e. The van der Waals surface area contributed by atoms with Crippen LogP contribution in [0, 0.1) is 5.82 Å². The number of hydrogen-bond acceptors (Lipinski definition) is 2. The highest BCUT2D eigenvalue weighted by atomic mass is 35.5. The van der Waals surface area contributed by atoms with Crippen molar-refractivity contribution >= 4 is 22.5 Å². The normalized spacial score (nSPS) is 17.7. The Morgan fingerprint density at radius 3 is 2.52 bits per heavy atom. The third-order valence-corrected chi connectivity index (χ3v) is 5.65. The van der Waals surface area contributed by atoms with Crippen LogP contribution in [0.15, 0.2) is 71.5 Å². The van der Waals surface area contributed by atoms with Crippen LogP contribution >= 0.6 is 11.6 Å². The van der Waals surface area contributed by atoms with Crippen LogP contribution in [0.3, 0.4) is 0 Å². The topological polar surface area (TPSA) is 34.9 Å². The molecule has 0 spiro atoms. The number of benzene rings is 3. The van der Waals surface area contributed by atoms with E-state index >= 15 is 0 Å². The molecule has 0 aliphatic carbocycles. The number of aromatic nitrogens is 2. The minimum atomic E-state index is -0.652. The molecule has 5 heteroatoms. The fourth-order valence-electron chi connectivity index (χ4n) is 4.03. The Morgan fingerprint density at radius 2 is 1.74 bits per heavy atom. The quantitative estimate of drug-likeness (QED) is 0.476. The Morgan fingerprint density at radius 1 is 1.00 bits per heavy atom. The lowest BCUT2D eigenvalue weighted by Crippen LogP contribution is -2.29. The molecule has 0 fully saturated rings. The van der Waals surface area contributed by atoms with Crippen molar-refractivity contribution in [1.29, 1.82) is 0 Å². The van der Waals surface area contributed by atoms with Gasteiger partial charge in [0.1, 0.15) is 17.0 Å². The second-order valence-electron chi connectivity index (χ2n) is 6.86. The second kappa shape index (κ2) is 5.51. The van der Waals surface area contributed by atoms with E-state index in [-0.39, 0.29) is 5.39 Å². The van der Waals surface area contributed by atoms with Crippen molar-refractivity contribution in [2.45, 2.75) is 12.3 Å². The summed E-state index contributed by atoms with van der Waals surface area (Å²) in [7, 11) is 0. The van der Waals surface area contributed by atoms with Gasteiger partial charge in [-0.15, -0.1) is 0 Å². The van der Waals surface area contributed by atoms with Crippen LogP contribution in [0.4, 0.5) is 4.39 Å². The highest BCUT2D eigenvalue weighted by Crippen LogP contribution is 2.46. The number of rotatable bonds is 1. The Kier molecular flexibility index (Phi) is 3.31. The first kappa shape index (κ1) is 16.2. The molecule has 0 amide bonds. The van der Waals surface area contributed by atoms with Crippen molar-refractivity contribution in [2.24, 2.45) is 0 Å². The summed E-state index contributed by atoms with van der Waals surface area (Å²) >= 11 is 6.07. The molecule has 0 N–H and O–H groups in total. The maximum Gasteiger partial charge on any atom is 0.269 e. The Hall–Kier alpha value is -2.98. The molecule has 27 heavy (non-hydrogen) atoms. The van der Waals surface area contributed by atoms with Crippen LogP contribution in [0.5, 0.6) is 0 Å². The van der Waals surface area contributed by atoms with Crippen molar-refractivity contribution in [3.05, 3.63) is 105 Å². The Labute approximate surface area is 159 Å². The number of nitrogens with zero attached hydrogens (tertiary/aromatic N) is 2. The van der Waals surface area contributed by atoms with Crippen molar-refractivity contribution in [3.63, 3.8) is 0 Å². The molecule has 3 nitrogen and oxygen atoms in total. The van der Waals surface area contributed by atoms with Gasteiger partial charge in [0, 0.05) is 5.02 Å². The summed E-state index contributed by atoms with van der Waals surface area (Å²) in [5, 5.41) is 0.649. The lowest BCUT2D eigenvalue weighted by atomic mass is 9.77. The first-order chi connectivity index (χ1) is 13.0. The molecular weight excluding hydrogens is 363 g/mol. The second-order valence-corrected chi connectivity index (χ2v) is 7.30. The van der Waals surface area contributed by atoms with Gasteiger partial charge in [0.05, 0.1) is 16.6 Å². The minimum absolute atomic E-state index is 0.0106. The zero-order valence-corrected chi connectivity index (χ0v) is 15.2. The van der Waals surface area contributed by atoms with E-state index in [4.69, 9.17) is 16.6 Å². The number of fused-ring (bicyclic) bond motifs is 4. The van der Waals surface area contributed by atoms with Gasteiger partial charge < -0.3 is 0 Å². The molecule has 0 saturated heterocycles. The minimum Gasteiger partial charge on any atom is -0.268 e. The van der Waals surface area contributed by atoms with Gasteiger partial charge in [0.25, 0.3) is 5.56 Å². The molecule has 132 valence electrons. The van der Waals surface area contributed by atoms with Crippen LogP contribution in [0.1, 0.15) is 23.9 Å². The standard InChI is InChI=1S/C22H14ClFN2O/c1-22(13-9-11-14(23)12-10-13)15-5-2-3-8-18(15)26-20(27)19-16(24)6-4-7-17(19)25-21(22)26/h2-12H,1H3. The van der Waals surface area contributed by atoms with Gasteiger partial charge in [-0.05, 0) is 48.4 Å². The summed E-state index contributed by atoms with van der Waals surface area (Å²) < 4.78 is 15.9. The SMILES string of the molecule is CC1(c2ccc(Cl)cc2)c2ccccc2-n2c1nc1cccc(F)c1c2=O. The summed E-state index contributed by atoms with van der Waals surface area (Å²) in [6.45, 7) is 2.03. The van der Waals surface area contributed by atoms with Gasteiger partial charge in [-0.2, -0.15) is 0 Å². The van der Waals surface area contributed by atoms with Crippen LogP contribution in [-0.4, -0.2) is 9.55 Å². The summed E-state index contributed by atoms with van der Waals surface area (Å²) in [5.74, 6) is 0.0204. The molecule has 4 aromatic rings. The van der Waals surface area contributed by atoms with Crippen molar-refractivity contribution < 1.29 is 4.39 Å². The van der Waals surface area contributed by atoms with E-state index in [9.17, 15) is 9.18 Å². The summed E-state index contributed by atoms with van der Waals surface area (Å²) in [4.78, 5) is 18.0. The predicted octanol–water partition coefficient (Wildman–Crippen LogP) is 4.85. The van der Waals surface area contributed by atoms with Crippen LogP contribution in [0.25, 0.3) is 16.6 Å². The Bertz CT molecular complexity index is 1280. The molecule has 3 aromatic carbocycles. The lowest BCUT2D eigenvalue weighted by molar-refractivity contribution is 0.631. The summed E-state index contributed by atoms with van der Waals surface area (Å²) in [6.07, 6.45) is 0. The number of hydrogen-bond donors (Lipinski definition) is 0. The zero-order chi connectivity index (χ0) is 18.8. The fraction of sp³-hybridized carbons (Fsp3) is 0.0909. The van der Waals surface area contributed by atoms with E-state index in [0.717, 1.165) is 16.8 Å². The Balaban J connectivity index is 1.96. The fourth-order valence-corrected chi connectivity index (χ4v) is 4.15.